The van der Waals surface area contributed by atoms with Crippen molar-refractivity contribution in [3.63, 3.8) is 0 Å². The van der Waals surface area contributed by atoms with Gasteiger partial charge in [0.15, 0.2) is 0 Å². The van der Waals surface area contributed by atoms with E-state index in [0.29, 0.717) is 18.2 Å². The van der Waals surface area contributed by atoms with Crippen LogP contribution in [0.4, 0.5) is 0 Å². The van der Waals surface area contributed by atoms with Gasteiger partial charge in [0.2, 0.25) is 0 Å². The van der Waals surface area contributed by atoms with Gasteiger partial charge in [-0.05, 0) is 18.1 Å². The third-order valence-electron chi connectivity index (χ3n) is 2.99. The molecule has 0 amide bonds. The van der Waals surface area contributed by atoms with Crippen molar-refractivity contribution in [2.24, 2.45) is 0 Å². The Kier molecular flexibility index (Phi) is 5.83. The molecule has 0 aliphatic carbocycles. The van der Waals surface area contributed by atoms with Gasteiger partial charge in [-0.2, -0.15) is 8.42 Å². The highest BCUT2D eigenvalue weighted by Crippen LogP contribution is 2.19. The van der Waals surface area contributed by atoms with Crippen LogP contribution in [0.3, 0.4) is 0 Å². The number of benzene rings is 1. The van der Waals surface area contributed by atoms with Crippen molar-refractivity contribution < 1.29 is 22.5 Å². The minimum absolute atomic E-state index is 0.349. The van der Waals surface area contributed by atoms with Crippen molar-refractivity contribution >= 4 is 31.8 Å². The highest BCUT2D eigenvalue weighted by atomic mass is 32.2. The average Bonchev–Trinajstić information content (AvgIpc) is 2.35. The summed E-state index contributed by atoms with van der Waals surface area (Å²) in [4.78, 5) is 12.1. The summed E-state index contributed by atoms with van der Waals surface area (Å²) in [6.07, 6.45) is 1.38. The van der Waals surface area contributed by atoms with Crippen molar-refractivity contribution in [3.8, 4) is 0 Å². The van der Waals surface area contributed by atoms with Crippen molar-refractivity contribution in [1.29, 1.82) is 0 Å². The summed E-state index contributed by atoms with van der Waals surface area (Å²) in [6.45, 7) is 1.61. The number of rotatable bonds is 6. The molecule has 0 radical (unpaired) electrons. The van der Waals surface area contributed by atoms with E-state index in [1.54, 1.807) is 0 Å². The number of hydrogen-bond acceptors (Lipinski definition) is 4. The van der Waals surface area contributed by atoms with Crippen LogP contribution in [0.1, 0.15) is 27.0 Å². The zero-order valence-corrected chi connectivity index (χ0v) is 12.8. The minimum atomic E-state index is -4.12. The highest BCUT2D eigenvalue weighted by Gasteiger charge is 2.17. The highest BCUT2D eigenvalue weighted by molar-refractivity contribution is 7.85. The molecule has 1 aromatic carbocycles. The number of ether oxygens (including phenoxy) is 1. The molecule has 0 spiro atoms. The first-order valence-corrected chi connectivity index (χ1v) is 8.14. The van der Waals surface area contributed by atoms with Gasteiger partial charge < -0.3 is 4.74 Å². The molecule has 5 nitrogen and oxygen atoms in total. The van der Waals surface area contributed by atoms with Crippen LogP contribution in [-0.2, 0) is 27.5 Å². The van der Waals surface area contributed by atoms with Gasteiger partial charge in [0.25, 0.3) is 10.1 Å². The Bertz CT molecular complexity index is 573. The van der Waals surface area contributed by atoms with Gasteiger partial charge in [0.05, 0.1) is 5.56 Å². The molecule has 1 N–H and O–H groups in total. The monoisotopic (exact) mass is 296 g/mol. The second kappa shape index (κ2) is 6.95. The normalized spacial score (nSPS) is 11.3. The number of aryl methyl sites for hydroxylation is 1. The number of carbonyl (C=O) groups excluding carboxylic acids is 1. The fraction of sp³-hybridized carbons (Fsp3) is 0.417. The third-order valence-corrected chi connectivity index (χ3v) is 3.67. The van der Waals surface area contributed by atoms with Gasteiger partial charge in [-0.15, -0.1) is 0 Å². The molecule has 0 aliphatic rings. The quantitative estimate of drug-likeness (QED) is 0.427. The van der Waals surface area contributed by atoms with E-state index in [1.165, 1.54) is 0 Å². The zero-order valence-electron chi connectivity index (χ0n) is 12.0. The first-order chi connectivity index (χ1) is 9.28. The molecule has 0 unspecified atom stereocenters. The molecule has 0 saturated carbocycles. The van der Waals surface area contributed by atoms with Crippen LogP contribution in [0.15, 0.2) is 12.1 Å². The zero-order chi connectivity index (χ0) is 15.3. The molecule has 0 atom stereocenters. The Morgan fingerprint density at radius 1 is 1.25 bits per heavy atom. The molecular weight excluding hydrogens is 278 g/mol. The summed E-state index contributed by atoms with van der Waals surface area (Å²) in [5.41, 5.74) is 3.36. The van der Waals surface area contributed by atoms with E-state index < -0.39 is 21.8 Å². The molecule has 1 aromatic rings. The van der Waals surface area contributed by atoms with Gasteiger partial charge in [-0.25, -0.2) is 4.79 Å². The predicted octanol–water partition coefficient (Wildman–Crippen LogP) is -0.694. The fourth-order valence-electron chi connectivity index (χ4n) is 2.07. The Morgan fingerprint density at radius 2 is 1.75 bits per heavy atom. The second-order valence-corrected chi connectivity index (χ2v) is 6.16. The first kappa shape index (κ1) is 16.8. The summed E-state index contributed by atoms with van der Waals surface area (Å²) in [6, 6.07) is 3.86. The van der Waals surface area contributed by atoms with Gasteiger partial charge >= 0.3 is 5.97 Å². The third kappa shape index (κ3) is 4.68. The van der Waals surface area contributed by atoms with E-state index in [-0.39, 0.29) is 6.61 Å². The fourth-order valence-corrected chi connectivity index (χ4v) is 2.37. The number of carbonyl (C=O) groups is 1. The summed E-state index contributed by atoms with van der Waals surface area (Å²) >= 11 is 0. The van der Waals surface area contributed by atoms with Gasteiger partial charge in [0.1, 0.15) is 28.1 Å². The predicted molar refractivity (Wildman–Crippen MR) is 82.4 cm³/mol. The molecule has 0 aromatic heterocycles. The van der Waals surface area contributed by atoms with Crippen LogP contribution < -0.4 is 0 Å². The Labute approximate surface area is 121 Å². The average molecular weight is 296 g/mol. The van der Waals surface area contributed by atoms with E-state index in [1.807, 2.05) is 34.7 Å². The SMILES string of the molecule is BCc1cc(C)cc(CB)c1C(=O)OCCS(=O)(=O)O. The van der Waals surface area contributed by atoms with Crippen molar-refractivity contribution in [2.45, 2.75) is 19.6 Å². The molecule has 0 aliphatic heterocycles. The van der Waals surface area contributed by atoms with Crippen LogP contribution >= 0.6 is 0 Å². The van der Waals surface area contributed by atoms with E-state index >= 15 is 0 Å². The lowest BCUT2D eigenvalue weighted by Gasteiger charge is -2.13. The molecule has 0 fully saturated rings. The topological polar surface area (TPSA) is 80.7 Å². The van der Waals surface area contributed by atoms with E-state index in [9.17, 15) is 13.2 Å². The second-order valence-electron chi connectivity index (χ2n) is 4.59. The molecule has 20 heavy (non-hydrogen) atoms. The molecular formula is C12H18B2O5S. The maximum atomic E-state index is 12.1. The maximum absolute atomic E-state index is 12.1. The van der Waals surface area contributed by atoms with Gasteiger partial charge in [0, 0.05) is 0 Å². The lowest BCUT2D eigenvalue weighted by atomic mass is 9.84. The summed E-state index contributed by atoms with van der Waals surface area (Å²) in [7, 11) is -0.222. The summed E-state index contributed by atoms with van der Waals surface area (Å²) in [5.74, 6) is -1.13. The van der Waals surface area contributed by atoms with E-state index in [0.717, 1.165) is 16.7 Å². The maximum Gasteiger partial charge on any atom is 0.338 e. The molecule has 108 valence electrons. The van der Waals surface area contributed by atoms with Crippen molar-refractivity contribution in [2.75, 3.05) is 12.4 Å². The summed E-state index contributed by atoms with van der Waals surface area (Å²) < 4.78 is 34.8. The van der Waals surface area contributed by atoms with Crippen LogP contribution in [0.2, 0.25) is 0 Å². The van der Waals surface area contributed by atoms with Crippen LogP contribution in [0.25, 0.3) is 0 Å². The Hall–Kier alpha value is -1.27. The minimum Gasteiger partial charge on any atom is -0.461 e. The Balaban J connectivity index is 2.97. The van der Waals surface area contributed by atoms with Gasteiger partial charge in [-0.1, -0.05) is 30.3 Å². The van der Waals surface area contributed by atoms with E-state index in [2.05, 4.69) is 0 Å². The molecule has 8 heteroatoms. The van der Waals surface area contributed by atoms with Crippen molar-refractivity contribution in [1.82, 2.24) is 0 Å². The standard InChI is InChI=1S/C12H18B2O5S/c1-8-4-9(6-13)11(10(5-8)7-14)12(15)19-2-3-20(16,17)18/h4-5H,2-3,6-7,13-14H2,1H3,(H,16,17,18). The number of hydrogen-bond donors (Lipinski definition) is 1. The largest absolute Gasteiger partial charge is 0.461 e. The Morgan fingerprint density at radius 3 is 2.15 bits per heavy atom. The number of esters is 1. The van der Waals surface area contributed by atoms with Crippen LogP contribution in [0.5, 0.6) is 0 Å². The molecule has 1 rings (SSSR count). The smallest absolute Gasteiger partial charge is 0.338 e. The lowest BCUT2D eigenvalue weighted by molar-refractivity contribution is 0.0526. The van der Waals surface area contributed by atoms with Gasteiger partial charge in [-0.3, -0.25) is 4.55 Å². The van der Waals surface area contributed by atoms with Crippen molar-refractivity contribution in [3.05, 3.63) is 34.4 Å². The van der Waals surface area contributed by atoms with Crippen LogP contribution in [-0.4, -0.2) is 47.0 Å². The lowest BCUT2D eigenvalue weighted by Crippen LogP contribution is -2.17. The van der Waals surface area contributed by atoms with Crippen LogP contribution in [0, 0.1) is 6.92 Å². The molecule has 0 saturated heterocycles. The molecule has 0 bridgehead atoms. The first-order valence-electron chi connectivity index (χ1n) is 6.53. The summed E-state index contributed by atoms with van der Waals surface area (Å²) in [5, 5.41) is 0. The molecule has 0 heterocycles. The van der Waals surface area contributed by atoms with E-state index in [4.69, 9.17) is 9.29 Å².